The molecule has 9 heteroatoms. The first-order chi connectivity index (χ1) is 10.9. The molecular weight excluding hydrogens is 434 g/mol. The molecule has 2 N–H and O–H groups in total. The first kappa shape index (κ1) is 21.4. The fraction of sp³-hybridized carbons (Fsp3) is 0.0667. The van der Waals surface area contributed by atoms with Crippen LogP contribution in [0.5, 0.6) is 0 Å². The second kappa shape index (κ2) is 9.76. The van der Waals surface area contributed by atoms with Crippen LogP contribution in [0.25, 0.3) is 0 Å². The molecule has 0 spiro atoms. The Hall–Kier alpha value is -0.620. The van der Waals surface area contributed by atoms with Crippen LogP contribution < -0.4 is 22.7 Å². The first-order valence-electron chi connectivity index (χ1n) is 6.30. The third kappa shape index (κ3) is 5.73. The number of amidine groups is 1. The van der Waals surface area contributed by atoms with Gasteiger partial charge in [0, 0.05) is 11.1 Å². The summed E-state index contributed by atoms with van der Waals surface area (Å²) >= 11 is 25.1. The smallest absolute Gasteiger partial charge is 0.339 e. The summed E-state index contributed by atoms with van der Waals surface area (Å²) in [6.07, 6.45) is 1.82. The van der Waals surface area contributed by atoms with Crippen LogP contribution >= 0.6 is 58.2 Å². The highest BCUT2D eigenvalue weighted by Gasteiger charge is 2.16. The first-order valence-corrected chi connectivity index (χ1v) is 9.04. The zero-order chi connectivity index (χ0) is 17.0. The van der Waals surface area contributed by atoms with Crippen LogP contribution in [0.3, 0.4) is 0 Å². The van der Waals surface area contributed by atoms with Gasteiger partial charge in [0.05, 0.1) is 20.6 Å². The van der Waals surface area contributed by atoms with Crippen molar-refractivity contribution in [2.24, 2.45) is 0 Å². The molecule has 2 aromatic rings. The monoisotopic (exact) mass is 442 g/mol. The maximum Gasteiger partial charge on any atom is 0.339 e. The number of rotatable bonds is 2. The molecule has 0 atom stereocenters. The Bertz CT molecular complexity index is 765. The van der Waals surface area contributed by atoms with Crippen LogP contribution in [0.15, 0.2) is 36.4 Å². The van der Waals surface area contributed by atoms with Gasteiger partial charge in [0.15, 0.2) is 0 Å². The average molecular weight is 445 g/mol. The van der Waals surface area contributed by atoms with Crippen LogP contribution in [0.2, 0.25) is 20.1 Å². The number of hydrogen-bond acceptors (Lipinski definition) is 2. The highest BCUT2D eigenvalue weighted by molar-refractivity contribution is 8.13. The van der Waals surface area contributed by atoms with E-state index in [1.807, 2.05) is 6.26 Å². The summed E-state index contributed by atoms with van der Waals surface area (Å²) in [7, 11) is 0. The van der Waals surface area contributed by atoms with E-state index in [0.29, 0.717) is 36.5 Å². The molecule has 0 unspecified atom stereocenters. The second-order valence-electron chi connectivity index (χ2n) is 4.37. The summed E-state index contributed by atoms with van der Waals surface area (Å²) in [6.45, 7) is 0. The molecule has 0 bridgehead atoms. The minimum absolute atomic E-state index is 0. The molecule has 2 rings (SSSR count). The van der Waals surface area contributed by atoms with Gasteiger partial charge in [-0.1, -0.05) is 46.4 Å². The van der Waals surface area contributed by atoms with E-state index < -0.39 is 0 Å². The number of halogens is 5. The van der Waals surface area contributed by atoms with Gasteiger partial charge >= 0.3 is 11.1 Å². The van der Waals surface area contributed by atoms with Crippen molar-refractivity contribution in [3.8, 4) is 0 Å². The number of carbonyl (C=O) groups excluding carboxylic acids is 1. The minimum atomic E-state index is -0.269. The van der Waals surface area contributed by atoms with E-state index in [1.165, 1.54) is 17.8 Å². The SMILES string of the molecule is CSC(NC(=O)c1ccc(Cl)cc1)=[NH+]c1cc(Cl)c(Cl)cc1Cl.[Cl-]. The van der Waals surface area contributed by atoms with Gasteiger partial charge in [-0.05, 0) is 48.3 Å². The van der Waals surface area contributed by atoms with E-state index in [-0.39, 0.29) is 18.3 Å². The number of hydrogen-bond donors (Lipinski definition) is 2. The van der Waals surface area contributed by atoms with Crippen LogP contribution in [0, 0.1) is 0 Å². The maximum absolute atomic E-state index is 12.2. The van der Waals surface area contributed by atoms with Crippen molar-refractivity contribution in [2.45, 2.75) is 0 Å². The highest BCUT2D eigenvalue weighted by Crippen LogP contribution is 2.29. The van der Waals surface area contributed by atoms with Gasteiger partial charge in [-0.15, -0.1) is 0 Å². The number of carbonyl (C=O) groups is 1. The molecule has 0 fully saturated rings. The fourth-order valence-electron chi connectivity index (χ4n) is 1.65. The molecule has 128 valence electrons. The van der Waals surface area contributed by atoms with E-state index in [1.54, 1.807) is 30.3 Å². The summed E-state index contributed by atoms with van der Waals surface area (Å²) in [5.74, 6) is -0.269. The van der Waals surface area contributed by atoms with Gasteiger partial charge in [0.25, 0.3) is 0 Å². The van der Waals surface area contributed by atoms with Gasteiger partial charge in [-0.25, -0.2) is 15.1 Å². The molecule has 3 nitrogen and oxygen atoms in total. The molecule has 2 aromatic carbocycles. The predicted octanol–water partition coefficient (Wildman–Crippen LogP) is 1.17. The summed E-state index contributed by atoms with van der Waals surface area (Å²) < 4.78 is 0. The molecule has 24 heavy (non-hydrogen) atoms. The Morgan fingerprint density at radius 2 is 1.58 bits per heavy atom. The van der Waals surface area contributed by atoms with Gasteiger partial charge in [-0.3, -0.25) is 0 Å². The quantitative estimate of drug-likeness (QED) is 0.415. The lowest BCUT2D eigenvalue weighted by Crippen LogP contribution is -3.00. The molecule has 0 saturated carbocycles. The molecule has 0 aromatic heterocycles. The van der Waals surface area contributed by atoms with Crippen molar-refractivity contribution < 1.29 is 22.2 Å². The second-order valence-corrected chi connectivity index (χ2v) is 6.84. The minimum Gasteiger partial charge on any atom is -1.00 e. The third-order valence-corrected chi connectivity index (χ3v) is 4.69. The van der Waals surface area contributed by atoms with Gasteiger partial charge in [0.1, 0.15) is 5.69 Å². The van der Waals surface area contributed by atoms with E-state index >= 15 is 0 Å². The molecule has 0 aliphatic rings. The lowest BCUT2D eigenvalue weighted by Gasteiger charge is -2.03. The van der Waals surface area contributed by atoms with Crippen molar-refractivity contribution in [3.05, 3.63) is 62.1 Å². The predicted molar refractivity (Wildman–Crippen MR) is 99.5 cm³/mol. The Morgan fingerprint density at radius 3 is 2.17 bits per heavy atom. The van der Waals surface area contributed by atoms with Crippen molar-refractivity contribution in [1.82, 2.24) is 5.32 Å². The molecule has 0 aliphatic carbocycles. The van der Waals surface area contributed by atoms with E-state index in [0.717, 1.165) is 0 Å². The topological polar surface area (TPSA) is 43.1 Å². The largest absolute Gasteiger partial charge is 1.00 e. The summed E-state index contributed by atoms with van der Waals surface area (Å²) in [5, 5.41) is 4.95. The Balaban J connectivity index is 0.00000288. The van der Waals surface area contributed by atoms with Gasteiger partial charge < -0.3 is 12.4 Å². The van der Waals surface area contributed by atoms with Crippen molar-refractivity contribution in [3.63, 3.8) is 0 Å². The summed E-state index contributed by atoms with van der Waals surface area (Å²) in [6, 6.07) is 9.71. The molecule has 0 heterocycles. The Labute approximate surface area is 170 Å². The number of thioether (sulfide) groups is 1. The normalized spacial score (nSPS) is 11.0. The van der Waals surface area contributed by atoms with Gasteiger partial charge in [-0.2, -0.15) is 0 Å². The van der Waals surface area contributed by atoms with Crippen molar-refractivity contribution in [1.29, 1.82) is 0 Å². The standard InChI is InChI=1S/C15H10Cl4N2OS.ClH/c1-23-15(20-13-7-11(18)10(17)6-12(13)19)21-14(22)8-2-4-9(16)5-3-8;/h2-7H,1H3,(H,20,21,22);1H. The lowest BCUT2D eigenvalue weighted by molar-refractivity contribution is -0.351. The summed E-state index contributed by atoms with van der Waals surface area (Å²) in [5.41, 5.74) is 1.03. The van der Waals surface area contributed by atoms with E-state index in [2.05, 4.69) is 10.3 Å². The van der Waals surface area contributed by atoms with E-state index in [4.69, 9.17) is 46.4 Å². The van der Waals surface area contributed by atoms with Crippen LogP contribution in [-0.2, 0) is 0 Å². The number of benzene rings is 2. The average Bonchev–Trinajstić information content (AvgIpc) is 2.52. The van der Waals surface area contributed by atoms with Crippen LogP contribution in [0.1, 0.15) is 10.4 Å². The maximum atomic E-state index is 12.2. The third-order valence-electron chi connectivity index (χ3n) is 2.80. The van der Waals surface area contributed by atoms with Gasteiger partial charge in [0.2, 0.25) is 0 Å². The van der Waals surface area contributed by atoms with Crippen LogP contribution in [0.4, 0.5) is 5.69 Å². The molecule has 0 aliphatic heterocycles. The number of nitrogens with one attached hydrogen (secondary N) is 2. The summed E-state index contributed by atoms with van der Waals surface area (Å²) in [4.78, 5) is 15.2. The zero-order valence-corrected chi connectivity index (χ0v) is 16.8. The lowest BCUT2D eigenvalue weighted by atomic mass is 10.2. The molecular formula is C15H11Cl5N2OS. The molecule has 0 saturated heterocycles. The highest BCUT2D eigenvalue weighted by atomic mass is 35.5. The fourth-order valence-corrected chi connectivity index (χ4v) is 2.78. The van der Waals surface area contributed by atoms with Crippen LogP contribution in [-0.4, -0.2) is 17.3 Å². The van der Waals surface area contributed by atoms with Crippen molar-refractivity contribution >= 4 is 74.9 Å². The molecule has 0 radical (unpaired) electrons. The van der Waals surface area contributed by atoms with E-state index in [9.17, 15) is 4.79 Å². The Morgan fingerprint density at radius 1 is 1.00 bits per heavy atom. The van der Waals surface area contributed by atoms with Crippen molar-refractivity contribution in [2.75, 3.05) is 6.26 Å². The number of amides is 1. The zero-order valence-electron chi connectivity index (χ0n) is 12.2. The Kier molecular flexibility index (Phi) is 8.71. The molecule has 1 amide bonds.